The van der Waals surface area contributed by atoms with Crippen molar-refractivity contribution < 1.29 is 43.3 Å². The minimum Gasteiger partial charge on any atom is -0.457 e. The van der Waals surface area contributed by atoms with Gasteiger partial charge in [-0.05, 0) is 67.9 Å². The van der Waals surface area contributed by atoms with Gasteiger partial charge in [0.25, 0.3) is 0 Å². The summed E-state index contributed by atoms with van der Waals surface area (Å²) in [5.41, 5.74) is 8.00. The second kappa shape index (κ2) is 37.6. The molecular formula is C53H61BCl4I4N9O9. The van der Waals surface area contributed by atoms with Crippen LogP contribution in [0, 0.1) is 0 Å². The van der Waals surface area contributed by atoms with Crippen LogP contribution in [0.5, 0.6) is 0 Å². The zero-order valence-electron chi connectivity index (χ0n) is 43.9. The topological polar surface area (TPSA) is 240 Å². The predicted molar refractivity (Wildman–Crippen MR) is 350 cm³/mol. The zero-order chi connectivity index (χ0) is 58.0. The van der Waals surface area contributed by atoms with Crippen molar-refractivity contribution in [1.82, 2.24) is 29.7 Å². The van der Waals surface area contributed by atoms with Crippen LogP contribution in [0.15, 0.2) is 97.5 Å². The molecule has 0 unspecified atom stereocenters. The Morgan fingerprint density at radius 2 is 0.887 bits per heavy atom. The minimum atomic E-state index is -1.08. The number of anilines is 2. The Labute approximate surface area is 524 Å². The fourth-order valence-electron chi connectivity index (χ4n) is 7.87. The van der Waals surface area contributed by atoms with Gasteiger partial charge in [-0.15, -0.1) is 0 Å². The third-order valence-electron chi connectivity index (χ3n) is 12.3. The molecule has 5 N–H and O–H groups in total. The number of piperidine rings is 3. The van der Waals surface area contributed by atoms with E-state index in [1.54, 1.807) is 31.7 Å². The molecule has 3 amide bonds. The number of amides is 3. The number of nitrogens with zero attached hydrogens (tertiary/aromatic N) is 6. The first-order valence-electron chi connectivity index (χ1n) is 24.6. The summed E-state index contributed by atoms with van der Waals surface area (Å²) in [7, 11) is -0.353. The van der Waals surface area contributed by atoms with Gasteiger partial charge < -0.3 is 45.6 Å². The van der Waals surface area contributed by atoms with Gasteiger partial charge in [0.05, 0.1) is 31.8 Å². The van der Waals surface area contributed by atoms with Crippen molar-refractivity contribution >= 4 is 166 Å². The van der Waals surface area contributed by atoms with Crippen molar-refractivity contribution in [2.24, 2.45) is 5.73 Å². The first kappa shape index (κ1) is 70.7. The number of ether oxygens (including phenoxy) is 2. The Kier molecular flexibility index (Phi) is 33.2. The average Bonchev–Trinajstić information content (AvgIpc) is 3.44. The molecule has 0 aliphatic carbocycles. The Hall–Kier alpha value is -3.59. The summed E-state index contributed by atoms with van der Waals surface area (Å²) < 4.78 is 10.5. The number of hydrogen-bond donors (Lipinski definition) is 4. The van der Waals surface area contributed by atoms with Gasteiger partial charge in [-0.1, -0.05) is 107 Å². The zero-order valence-corrected chi connectivity index (χ0v) is 55.6. The molecular weight excluding hydrogens is 1570 g/mol. The molecule has 0 spiro atoms. The van der Waals surface area contributed by atoms with E-state index in [1.165, 1.54) is 30.7 Å². The van der Waals surface area contributed by atoms with Crippen LogP contribution in [-0.4, -0.2) is 136 Å². The molecule has 5 aromatic rings. The van der Waals surface area contributed by atoms with E-state index in [2.05, 4.69) is 81.4 Å². The number of aromatic carboxylic acids is 1. The maximum atomic E-state index is 12.4. The molecule has 3 fully saturated rings. The molecule has 2 aromatic carbocycles. The number of halogens is 8. The third-order valence-corrected chi connectivity index (χ3v) is 13.8. The molecule has 0 bridgehead atoms. The predicted octanol–water partition coefficient (Wildman–Crippen LogP) is 12.2. The van der Waals surface area contributed by atoms with Crippen LogP contribution in [0.25, 0.3) is 0 Å². The number of hydrogen-bond acceptors (Lipinski definition) is 14. The average molecular weight is 1630 g/mol. The Morgan fingerprint density at radius 1 is 0.562 bits per heavy atom. The van der Waals surface area contributed by atoms with Crippen molar-refractivity contribution in [2.45, 2.75) is 90.6 Å². The molecule has 3 radical (unpaired) electrons. The molecule has 27 heteroatoms. The molecule has 8 rings (SSSR count). The second-order valence-corrected chi connectivity index (χ2v) is 68.0. The first-order chi connectivity index (χ1) is 37.6. The van der Waals surface area contributed by atoms with E-state index in [0.717, 1.165) is 62.7 Å². The monoisotopic (exact) mass is 1630 g/mol. The van der Waals surface area contributed by atoms with Crippen molar-refractivity contribution in [1.29, 1.82) is 0 Å². The SMILES string of the molecule is CC(=O)N1CCC(N)CC1.CC(=O)N1CCC(Nc2nccc(C(=O)O)c2Cl)CC1.CC(=O)N1CCC(Nc2nccc(C(=O)OCc3ccccc3)c2Cl)CC1.II(I)I.O=C(OCc1ccccc1)c1ccnc(Cl)c1Cl.[B]. The van der Waals surface area contributed by atoms with Crippen LogP contribution < -0.4 is 16.4 Å². The summed E-state index contributed by atoms with van der Waals surface area (Å²) in [6.45, 7) is 9.57. The minimum absolute atomic E-state index is 0. The van der Waals surface area contributed by atoms with Gasteiger partial charge in [-0.2, -0.15) is 0 Å². The number of aromatic nitrogens is 3. The molecule has 18 nitrogen and oxygen atoms in total. The standard InChI is InChI=1S/C20H22ClN3O3.C13H9Cl2NO2.C13H16ClN3O3.C7H14N2O.B.I4/c1-14(25)24-11-8-16(9-12-24)23-19-18(21)17(7-10-22-19)20(26)27-13-15-5-3-2-4-6-15;14-11-10(6-7-16-12(11)15)13(17)18-8-9-4-2-1-3-5-9;1-8(18)17-6-3-9(4-7-17)16-12-11(14)10(13(19)20)2-5-15-12;1-6(10)9-4-2-7(8)3-5-9;;1-4(2)3/h2-7,10,16H,8-9,11-13H2,1H3,(H,22,23);1-7H,8H2;2,5,9H,3-4,6-7H2,1H3,(H,15,16)(H,19,20);7H,2-5,8H2,1H3;;. The van der Waals surface area contributed by atoms with E-state index in [1.807, 2.05) is 70.5 Å². The van der Waals surface area contributed by atoms with Crippen molar-refractivity contribution in [3.8, 4) is 0 Å². The maximum Gasteiger partial charge on any atom is 0.340 e. The van der Waals surface area contributed by atoms with Crippen molar-refractivity contribution in [3.05, 3.63) is 145 Å². The summed E-state index contributed by atoms with van der Waals surface area (Å²) in [4.78, 5) is 86.2. The van der Waals surface area contributed by atoms with E-state index in [-0.39, 0.29) is 96.2 Å². The number of nitrogens with one attached hydrogen (secondary N) is 2. The molecule has 0 atom stereocenters. The summed E-state index contributed by atoms with van der Waals surface area (Å²) in [6, 6.07) is 23.9. The van der Waals surface area contributed by atoms with Crippen molar-refractivity contribution in [2.75, 3.05) is 49.9 Å². The van der Waals surface area contributed by atoms with Crippen molar-refractivity contribution in [3.63, 3.8) is 0 Å². The molecule has 3 saturated heterocycles. The Balaban J connectivity index is 0.000000284. The maximum absolute atomic E-state index is 12.4. The van der Waals surface area contributed by atoms with E-state index in [9.17, 15) is 28.8 Å². The van der Waals surface area contributed by atoms with Gasteiger partial charge in [0, 0.05) is 105 Å². The van der Waals surface area contributed by atoms with Crippen LogP contribution in [0.4, 0.5) is 11.6 Å². The number of carbonyl (C=O) groups is 6. The molecule has 431 valence electrons. The first-order valence-corrected chi connectivity index (χ1v) is 45.0. The number of nitrogens with two attached hydrogens (primary N) is 1. The smallest absolute Gasteiger partial charge is 0.340 e. The Bertz CT molecular complexity index is 2780. The Morgan fingerprint density at radius 3 is 1.25 bits per heavy atom. The summed E-state index contributed by atoms with van der Waals surface area (Å²) in [6.07, 6.45) is 9.47. The van der Waals surface area contributed by atoms with E-state index in [0.29, 0.717) is 43.9 Å². The number of carboxylic acids is 1. The van der Waals surface area contributed by atoms with Gasteiger partial charge >= 0.3 is 81.6 Å². The number of pyridine rings is 3. The molecule has 0 saturated carbocycles. The number of esters is 2. The second-order valence-electron chi connectivity index (χ2n) is 17.8. The molecule has 3 aliphatic rings. The number of rotatable bonds is 11. The van der Waals surface area contributed by atoms with Gasteiger partial charge in [0.1, 0.15) is 30.0 Å². The number of carboxylic acid groups (broad SMARTS) is 1. The van der Waals surface area contributed by atoms with E-state index in [4.69, 9.17) is 66.7 Å². The van der Waals surface area contributed by atoms with Crippen LogP contribution in [0.1, 0.15) is 101 Å². The van der Waals surface area contributed by atoms with Crippen LogP contribution in [0.2, 0.25) is 20.2 Å². The van der Waals surface area contributed by atoms with E-state index < -0.39 is 17.9 Å². The fourth-order valence-corrected chi connectivity index (χ4v) is 8.71. The summed E-state index contributed by atoms with van der Waals surface area (Å²) in [5, 5.41) is 16.0. The number of likely N-dealkylation sites (tertiary alicyclic amines) is 3. The van der Waals surface area contributed by atoms with Gasteiger partial charge in [-0.3, -0.25) is 14.4 Å². The fraction of sp³-hybridized carbons (Fsp3) is 0.377. The van der Waals surface area contributed by atoms with Crippen LogP contribution in [-0.2, 0) is 37.1 Å². The molecule has 80 heavy (non-hydrogen) atoms. The van der Waals surface area contributed by atoms with Crippen LogP contribution >= 0.6 is 110 Å². The van der Waals surface area contributed by atoms with Gasteiger partial charge in [-0.25, -0.2) is 29.3 Å². The normalized spacial score (nSPS) is 14.4. The van der Waals surface area contributed by atoms with Gasteiger partial charge in [0.2, 0.25) is 17.7 Å². The molecule has 3 aliphatic heterocycles. The largest absolute Gasteiger partial charge is 0.457 e. The number of benzene rings is 2. The summed E-state index contributed by atoms with van der Waals surface area (Å²) in [5.74, 6) is -0.896. The van der Waals surface area contributed by atoms with Gasteiger partial charge in [0.15, 0.2) is 0 Å². The number of carbonyl (C=O) groups excluding carboxylic acids is 5. The third kappa shape index (κ3) is 25.1. The summed E-state index contributed by atoms with van der Waals surface area (Å²) >= 11 is 31.4. The molecule has 3 aromatic heterocycles. The van der Waals surface area contributed by atoms with Crippen LogP contribution in [0.3, 0.4) is 0 Å². The quantitative estimate of drug-likeness (QED) is 0.0416. The van der Waals surface area contributed by atoms with E-state index >= 15 is 0 Å². The molecule has 6 heterocycles.